The molecular weight excluding hydrogens is 375 g/mol. The molecule has 4 rings (SSSR count). The van der Waals surface area contributed by atoms with Crippen LogP contribution in [0.5, 0.6) is 0 Å². The van der Waals surface area contributed by atoms with Gasteiger partial charge in [0.25, 0.3) is 11.8 Å². The maximum Gasteiger partial charge on any atom is 0.262 e. The highest BCUT2D eigenvalue weighted by Crippen LogP contribution is 2.34. The number of hydrogen-bond donors (Lipinski definition) is 0. The second-order valence-electron chi connectivity index (χ2n) is 6.34. The van der Waals surface area contributed by atoms with Gasteiger partial charge >= 0.3 is 0 Å². The van der Waals surface area contributed by atoms with Crippen LogP contribution in [0.2, 0.25) is 10.0 Å². The monoisotopic (exact) mass is 388 g/mol. The van der Waals surface area contributed by atoms with Crippen LogP contribution in [0.1, 0.15) is 33.2 Å². The lowest BCUT2D eigenvalue weighted by Gasteiger charge is -2.27. The Hall–Kier alpha value is -2.37. The SMILES string of the molecule is CC(C(=O)N1CCc2ccccc21)N1C(=O)c2cc(Cl)c(Cl)cc2C1=O. The number of para-hydroxylation sites is 1. The number of hydrogen-bond acceptors (Lipinski definition) is 3. The van der Waals surface area contributed by atoms with Gasteiger partial charge in [-0.25, -0.2) is 0 Å². The van der Waals surface area contributed by atoms with Gasteiger partial charge < -0.3 is 4.90 Å². The molecule has 2 aliphatic heterocycles. The maximum atomic E-state index is 13.0. The van der Waals surface area contributed by atoms with E-state index in [0.717, 1.165) is 22.6 Å². The number of benzene rings is 2. The summed E-state index contributed by atoms with van der Waals surface area (Å²) in [6.07, 6.45) is 0.752. The number of imide groups is 1. The van der Waals surface area contributed by atoms with E-state index in [4.69, 9.17) is 23.2 Å². The van der Waals surface area contributed by atoms with E-state index in [9.17, 15) is 14.4 Å². The van der Waals surface area contributed by atoms with Gasteiger partial charge in [-0.1, -0.05) is 41.4 Å². The number of carbonyl (C=O) groups excluding carboxylic acids is 3. The van der Waals surface area contributed by atoms with E-state index in [0.29, 0.717) is 6.54 Å². The van der Waals surface area contributed by atoms with Crippen molar-refractivity contribution < 1.29 is 14.4 Å². The standard InChI is InChI=1S/C19H14Cl2N2O3/c1-10(17(24)22-7-6-11-4-2-3-5-16(11)22)23-18(25)12-8-14(20)15(21)9-13(12)19(23)26/h2-5,8-10H,6-7H2,1H3. The minimum Gasteiger partial charge on any atom is -0.310 e. The molecule has 0 aliphatic carbocycles. The van der Waals surface area contributed by atoms with Gasteiger partial charge in [0.05, 0.1) is 21.2 Å². The van der Waals surface area contributed by atoms with E-state index in [1.54, 1.807) is 11.8 Å². The third kappa shape index (κ3) is 2.42. The van der Waals surface area contributed by atoms with E-state index in [2.05, 4.69) is 0 Å². The molecule has 0 saturated carbocycles. The minimum atomic E-state index is -0.925. The molecule has 0 bridgehead atoms. The summed E-state index contributed by atoms with van der Waals surface area (Å²) in [7, 11) is 0. The van der Waals surface area contributed by atoms with Crippen LogP contribution < -0.4 is 4.90 Å². The Morgan fingerprint density at radius 1 is 1.04 bits per heavy atom. The van der Waals surface area contributed by atoms with Crippen molar-refractivity contribution in [1.29, 1.82) is 0 Å². The first-order valence-electron chi connectivity index (χ1n) is 8.16. The second-order valence-corrected chi connectivity index (χ2v) is 7.15. The Kier molecular flexibility index (Phi) is 4.01. The Bertz CT molecular complexity index is 932. The van der Waals surface area contributed by atoms with Gasteiger partial charge in [-0.15, -0.1) is 0 Å². The number of anilines is 1. The molecule has 3 amide bonds. The van der Waals surface area contributed by atoms with Crippen LogP contribution in [0, 0.1) is 0 Å². The van der Waals surface area contributed by atoms with Crippen molar-refractivity contribution in [3.05, 3.63) is 63.1 Å². The molecule has 2 heterocycles. The Morgan fingerprint density at radius 3 is 2.23 bits per heavy atom. The first-order valence-corrected chi connectivity index (χ1v) is 8.92. The largest absolute Gasteiger partial charge is 0.310 e. The Balaban J connectivity index is 1.65. The third-order valence-electron chi connectivity index (χ3n) is 4.86. The summed E-state index contributed by atoms with van der Waals surface area (Å²) >= 11 is 11.9. The number of fused-ring (bicyclic) bond motifs is 2. The molecule has 7 heteroatoms. The van der Waals surface area contributed by atoms with E-state index in [1.807, 2.05) is 24.3 Å². The average Bonchev–Trinajstić information content (AvgIpc) is 3.15. The van der Waals surface area contributed by atoms with Crippen LogP contribution >= 0.6 is 23.2 Å². The molecular formula is C19H14Cl2N2O3. The van der Waals surface area contributed by atoms with Gasteiger partial charge in [0.1, 0.15) is 6.04 Å². The summed E-state index contributed by atoms with van der Waals surface area (Å²) in [4.78, 5) is 41.0. The molecule has 0 saturated heterocycles. The molecule has 5 nitrogen and oxygen atoms in total. The maximum absolute atomic E-state index is 13.0. The average molecular weight is 389 g/mol. The summed E-state index contributed by atoms with van der Waals surface area (Å²) < 4.78 is 0. The van der Waals surface area contributed by atoms with Crippen LogP contribution in [0.25, 0.3) is 0 Å². The van der Waals surface area contributed by atoms with Crippen LogP contribution in [0.3, 0.4) is 0 Å². The predicted molar refractivity (Wildman–Crippen MR) is 98.9 cm³/mol. The summed E-state index contributed by atoms with van der Waals surface area (Å²) in [5, 5.41) is 0.390. The molecule has 0 spiro atoms. The number of rotatable bonds is 2. The first-order chi connectivity index (χ1) is 12.4. The van der Waals surface area contributed by atoms with Gasteiger partial charge in [-0.05, 0) is 37.1 Å². The van der Waals surface area contributed by atoms with Gasteiger partial charge in [0.2, 0.25) is 5.91 Å². The van der Waals surface area contributed by atoms with E-state index >= 15 is 0 Å². The summed E-state index contributed by atoms with van der Waals surface area (Å²) in [6.45, 7) is 2.09. The van der Waals surface area contributed by atoms with Crippen LogP contribution in [0.4, 0.5) is 5.69 Å². The van der Waals surface area contributed by atoms with Crippen LogP contribution in [-0.2, 0) is 11.2 Å². The number of nitrogens with zero attached hydrogens (tertiary/aromatic N) is 2. The van der Waals surface area contributed by atoms with Gasteiger partial charge in [-0.2, -0.15) is 0 Å². The van der Waals surface area contributed by atoms with E-state index in [-0.39, 0.29) is 27.1 Å². The van der Waals surface area contributed by atoms with Crippen molar-refractivity contribution in [2.24, 2.45) is 0 Å². The smallest absolute Gasteiger partial charge is 0.262 e. The zero-order valence-electron chi connectivity index (χ0n) is 13.8. The van der Waals surface area contributed by atoms with Crippen molar-refractivity contribution in [2.75, 3.05) is 11.4 Å². The van der Waals surface area contributed by atoms with Crippen molar-refractivity contribution in [3.63, 3.8) is 0 Å². The van der Waals surface area contributed by atoms with Gasteiger partial charge in [-0.3, -0.25) is 19.3 Å². The minimum absolute atomic E-state index is 0.172. The van der Waals surface area contributed by atoms with E-state index in [1.165, 1.54) is 12.1 Å². The number of halogens is 2. The molecule has 0 aromatic heterocycles. The molecule has 1 unspecified atom stereocenters. The normalized spacial score (nSPS) is 16.7. The molecule has 2 aromatic rings. The molecule has 0 N–H and O–H groups in total. The second kappa shape index (κ2) is 6.11. The third-order valence-corrected chi connectivity index (χ3v) is 5.58. The van der Waals surface area contributed by atoms with Crippen molar-refractivity contribution in [3.8, 4) is 0 Å². The van der Waals surface area contributed by atoms with Crippen molar-refractivity contribution in [2.45, 2.75) is 19.4 Å². The molecule has 132 valence electrons. The van der Waals surface area contributed by atoms with Crippen LogP contribution in [-0.4, -0.2) is 35.2 Å². The number of carbonyl (C=O) groups is 3. The molecule has 26 heavy (non-hydrogen) atoms. The highest BCUT2D eigenvalue weighted by Gasteiger charge is 2.43. The fourth-order valence-electron chi connectivity index (χ4n) is 3.51. The topological polar surface area (TPSA) is 57.7 Å². The predicted octanol–water partition coefficient (Wildman–Crippen LogP) is 3.57. The molecule has 2 aromatic carbocycles. The van der Waals surface area contributed by atoms with Gasteiger partial charge in [0.15, 0.2) is 0 Å². The summed E-state index contributed by atoms with van der Waals surface area (Å²) in [5.74, 6) is -1.35. The Morgan fingerprint density at radius 2 is 1.62 bits per heavy atom. The quantitative estimate of drug-likeness (QED) is 0.738. The highest BCUT2D eigenvalue weighted by atomic mass is 35.5. The summed E-state index contributed by atoms with van der Waals surface area (Å²) in [6, 6.07) is 9.46. The summed E-state index contributed by atoms with van der Waals surface area (Å²) in [5.41, 5.74) is 2.25. The van der Waals surface area contributed by atoms with E-state index < -0.39 is 17.9 Å². The molecule has 1 atom stereocenters. The Labute approximate surface area is 160 Å². The van der Waals surface area contributed by atoms with Crippen LogP contribution in [0.15, 0.2) is 36.4 Å². The van der Waals surface area contributed by atoms with Crippen molar-refractivity contribution in [1.82, 2.24) is 4.90 Å². The lowest BCUT2D eigenvalue weighted by Crippen LogP contribution is -2.49. The van der Waals surface area contributed by atoms with Crippen molar-refractivity contribution >= 4 is 46.6 Å². The fraction of sp³-hybridized carbons (Fsp3) is 0.211. The molecule has 0 fully saturated rings. The zero-order valence-corrected chi connectivity index (χ0v) is 15.3. The zero-order chi connectivity index (χ0) is 18.6. The lowest BCUT2D eigenvalue weighted by molar-refractivity contribution is -0.121. The molecule has 0 radical (unpaired) electrons. The fourth-order valence-corrected chi connectivity index (χ4v) is 3.83. The lowest BCUT2D eigenvalue weighted by atomic mass is 10.1. The van der Waals surface area contributed by atoms with Gasteiger partial charge in [0, 0.05) is 12.2 Å². The number of amides is 3. The first kappa shape index (κ1) is 17.1. The highest BCUT2D eigenvalue weighted by molar-refractivity contribution is 6.43. The molecule has 2 aliphatic rings.